The fourth-order valence-electron chi connectivity index (χ4n) is 2.59. The van der Waals surface area contributed by atoms with E-state index in [-0.39, 0.29) is 18.5 Å². The molecule has 130 valence electrons. The van der Waals surface area contributed by atoms with Gasteiger partial charge in [-0.3, -0.25) is 14.5 Å². The van der Waals surface area contributed by atoms with Crippen molar-refractivity contribution in [1.29, 1.82) is 0 Å². The molecule has 0 fully saturated rings. The molecular weight excluding hydrogens is 376 g/mol. The van der Waals surface area contributed by atoms with E-state index >= 15 is 0 Å². The van der Waals surface area contributed by atoms with E-state index in [2.05, 4.69) is 15.5 Å². The summed E-state index contributed by atoms with van der Waals surface area (Å²) in [6.45, 7) is 2.09. The lowest BCUT2D eigenvalue weighted by Crippen LogP contribution is -2.36. The molecular formula is C17H17ClN4OS2. The number of halogens is 1. The van der Waals surface area contributed by atoms with Crippen LogP contribution in [0.1, 0.15) is 12.5 Å². The van der Waals surface area contributed by atoms with Crippen LogP contribution in [0.15, 0.2) is 41.8 Å². The normalized spacial score (nSPS) is 12.1. The van der Waals surface area contributed by atoms with Crippen LogP contribution in [0.3, 0.4) is 0 Å². The molecule has 3 aromatic rings. The summed E-state index contributed by atoms with van der Waals surface area (Å²) in [4.78, 5) is 13.4. The number of aromatic amines is 1. The second kappa shape index (κ2) is 7.95. The summed E-state index contributed by atoms with van der Waals surface area (Å²) in [5.74, 6) is 0.572. The van der Waals surface area contributed by atoms with Gasteiger partial charge in [-0.2, -0.15) is 5.10 Å². The topological polar surface area (TPSA) is 62.7 Å². The van der Waals surface area contributed by atoms with Crippen LogP contribution in [-0.4, -0.2) is 26.7 Å². The minimum atomic E-state index is -0.107. The molecule has 2 heterocycles. The third-order valence-electron chi connectivity index (χ3n) is 3.64. The molecule has 1 amide bonds. The van der Waals surface area contributed by atoms with E-state index in [1.807, 2.05) is 48.7 Å². The highest BCUT2D eigenvalue weighted by molar-refractivity contribution is 7.71. The lowest BCUT2D eigenvalue weighted by Gasteiger charge is -2.15. The SMILES string of the molecule is CC(Cc1cccc(Cl)c1)NC(=O)Cn1c(-c2cccs2)n[nH]c1=S. The molecule has 25 heavy (non-hydrogen) atoms. The number of thiophene rings is 1. The Hall–Kier alpha value is -1.96. The average Bonchev–Trinajstić information content (AvgIpc) is 3.18. The van der Waals surface area contributed by atoms with E-state index in [1.165, 1.54) is 0 Å². The fourth-order valence-corrected chi connectivity index (χ4v) is 3.72. The van der Waals surface area contributed by atoms with Crippen LogP contribution in [0, 0.1) is 4.77 Å². The minimum absolute atomic E-state index is 0.0165. The maximum Gasteiger partial charge on any atom is 0.240 e. The van der Waals surface area contributed by atoms with Crippen LogP contribution < -0.4 is 5.32 Å². The van der Waals surface area contributed by atoms with Crippen LogP contribution in [0.25, 0.3) is 10.7 Å². The molecule has 0 aliphatic rings. The second-order valence-electron chi connectivity index (χ2n) is 5.72. The van der Waals surface area contributed by atoms with Gasteiger partial charge >= 0.3 is 0 Å². The van der Waals surface area contributed by atoms with Crippen LogP contribution in [0.5, 0.6) is 0 Å². The van der Waals surface area contributed by atoms with Crippen molar-refractivity contribution in [3.8, 4) is 10.7 Å². The molecule has 0 saturated heterocycles. The smallest absolute Gasteiger partial charge is 0.240 e. The average molecular weight is 393 g/mol. The molecule has 0 spiro atoms. The highest BCUT2D eigenvalue weighted by Crippen LogP contribution is 2.22. The maximum atomic E-state index is 12.4. The van der Waals surface area contributed by atoms with Crippen LogP contribution in [0.2, 0.25) is 5.02 Å². The number of hydrogen-bond donors (Lipinski definition) is 2. The van der Waals surface area contributed by atoms with Crippen molar-refractivity contribution in [3.63, 3.8) is 0 Å². The largest absolute Gasteiger partial charge is 0.352 e. The van der Waals surface area contributed by atoms with Gasteiger partial charge in [0.15, 0.2) is 10.6 Å². The van der Waals surface area contributed by atoms with Gasteiger partial charge in [0, 0.05) is 11.1 Å². The van der Waals surface area contributed by atoms with Crippen LogP contribution in [-0.2, 0) is 17.8 Å². The zero-order valence-corrected chi connectivity index (χ0v) is 15.9. The summed E-state index contributed by atoms with van der Waals surface area (Å²) in [5.41, 5.74) is 1.08. The molecule has 1 unspecified atom stereocenters. The monoisotopic (exact) mass is 392 g/mol. The molecule has 0 aliphatic heterocycles. The standard InChI is InChI=1S/C17H17ClN4OS2/c1-11(8-12-4-2-5-13(18)9-12)19-15(23)10-22-16(20-21-17(22)24)14-6-3-7-25-14/h2-7,9,11H,8,10H2,1H3,(H,19,23)(H,21,24). The van der Waals surface area contributed by atoms with E-state index in [1.54, 1.807) is 15.9 Å². The Morgan fingerprint density at radius 2 is 2.28 bits per heavy atom. The minimum Gasteiger partial charge on any atom is -0.352 e. The fraction of sp³-hybridized carbons (Fsp3) is 0.235. The number of carbonyl (C=O) groups is 1. The van der Waals surface area contributed by atoms with Crippen molar-refractivity contribution in [3.05, 3.63) is 57.1 Å². The number of rotatable bonds is 6. The lowest BCUT2D eigenvalue weighted by atomic mass is 10.1. The highest BCUT2D eigenvalue weighted by Gasteiger charge is 2.14. The van der Waals surface area contributed by atoms with E-state index < -0.39 is 0 Å². The number of carbonyl (C=O) groups excluding carboxylic acids is 1. The molecule has 2 N–H and O–H groups in total. The quantitative estimate of drug-likeness (QED) is 0.621. The van der Waals surface area contributed by atoms with E-state index in [4.69, 9.17) is 23.8 Å². The van der Waals surface area contributed by atoms with Crippen molar-refractivity contribution in [1.82, 2.24) is 20.1 Å². The number of nitrogens with zero attached hydrogens (tertiary/aromatic N) is 2. The first-order valence-electron chi connectivity index (χ1n) is 7.76. The summed E-state index contributed by atoms with van der Waals surface area (Å²) in [5, 5.41) is 12.6. The maximum absolute atomic E-state index is 12.4. The summed E-state index contributed by atoms with van der Waals surface area (Å²) in [6, 6.07) is 11.5. The summed E-state index contributed by atoms with van der Waals surface area (Å²) in [6.07, 6.45) is 0.709. The van der Waals surface area contributed by atoms with E-state index in [0.717, 1.165) is 10.4 Å². The number of hydrogen-bond acceptors (Lipinski definition) is 4. The first-order chi connectivity index (χ1) is 12.0. The third kappa shape index (κ3) is 4.56. The van der Waals surface area contributed by atoms with Crippen molar-refractivity contribution in [2.75, 3.05) is 0 Å². The Bertz CT molecular complexity index is 917. The molecule has 0 aliphatic carbocycles. The molecule has 3 rings (SSSR count). The predicted octanol–water partition coefficient (Wildman–Crippen LogP) is 4.07. The van der Waals surface area contributed by atoms with Gasteiger partial charge in [-0.15, -0.1) is 11.3 Å². The van der Waals surface area contributed by atoms with Gasteiger partial charge < -0.3 is 5.32 Å². The first kappa shape index (κ1) is 17.8. The highest BCUT2D eigenvalue weighted by atomic mass is 35.5. The third-order valence-corrected chi connectivity index (χ3v) is 5.05. The molecule has 5 nitrogen and oxygen atoms in total. The molecule has 8 heteroatoms. The van der Waals surface area contributed by atoms with Gasteiger partial charge in [0.05, 0.1) is 4.88 Å². The van der Waals surface area contributed by atoms with Gasteiger partial charge in [0.1, 0.15) is 6.54 Å². The second-order valence-corrected chi connectivity index (χ2v) is 7.49. The number of benzene rings is 1. The molecule has 0 radical (unpaired) electrons. The molecule has 2 aromatic heterocycles. The Labute approximate surface area is 159 Å². The van der Waals surface area contributed by atoms with Crippen molar-refractivity contribution < 1.29 is 4.79 Å². The van der Waals surface area contributed by atoms with Crippen molar-refractivity contribution >= 4 is 41.1 Å². The molecule has 1 aromatic carbocycles. The predicted molar refractivity (Wildman–Crippen MR) is 103 cm³/mol. The van der Waals surface area contributed by atoms with E-state index in [9.17, 15) is 4.79 Å². The van der Waals surface area contributed by atoms with Gasteiger partial charge in [0.25, 0.3) is 0 Å². The Morgan fingerprint density at radius 1 is 1.44 bits per heavy atom. The zero-order valence-electron chi connectivity index (χ0n) is 13.5. The first-order valence-corrected chi connectivity index (χ1v) is 9.42. The number of amides is 1. The summed E-state index contributed by atoms with van der Waals surface area (Å²) < 4.78 is 2.14. The van der Waals surface area contributed by atoms with Crippen LogP contribution in [0.4, 0.5) is 0 Å². The summed E-state index contributed by atoms with van der Waals surface area (Å²) in [7, 11) is 0. The zero-order chi connectivity index (χ0) is 17.8. The molecule has 0 saturated carbocycles. The number of aromatic nitrogens is 3. The van der Waals surface area contributed by atoms with Gasteiger partial charge in [-0.1, -0.05) is 29.8 Å². The summed E-state index contributed by atoms with van der Waals surface area (Å²) >= 11 is 12.8. The van der Waals surface area contributed by atoms with Crippen molar-refractivity contribution in [2.45, 2.75) is 25.9 Å². The van der Waals surface area contributed by atoms with Gasteiger partial charge in [-0.25, -0.2) is 0 Å². The Balaban J connectivity index is 1.65. The lowest BCUT2D eigenvalue weighted by molar-refractivity contribution is -0.122. The van der Waals surface area contributed by atoms with Crippen LogP contribution >= 0.6 is 35.2 Å². The molecule has 1 atom stereocenters. The van der Waals surface area contributed by atoms with E-state index in [0.29, 0.717) is 22.0 Å². The number of nitrogens with one attached hydrogen (secondary N) is 2. The van der Waals surface area contributed by atoms with Gasteiger partial charge in [-0.05, 0) is 54.7 Å². The Morgan fingerprint density at radius 3 is 3.00 bits per heavy atom. The van der Waals surface area contributed by atoms with Gasteiger partial charge in [0.2, 0.25) is 5.91 Å². The van der Waals surface area contributed by atoms with Crippen molar-refractivity contribution in [2.24, 2.45) is 0 Å². The molecule has 0 bridgehead atoms. The Kier molecular flexibility index (Phi) is 5.67. The number of H-pyrrole nitrogens is 1.